The molecule has 0 aliphatic rings. The number of alkyl carbamates (subject to hydrolysis) is 1. The number of nitrogens with one attached hydrogen (secondary N) is 1. The minimum atomic E-state index is -1.44. The van der Waals surface area contributed by atoms with E-state index in [1.165, 1.54) is 0 Å². The van der Waals surface area contributed by atoms with Crippen LogP contribution < -0.4 is 11.1 Å². The molecule has 0 unspecified atom stereocenters. The van der Waals surface area contributed by atoms with Crippen LogP contribution in [0.2, 0.25) is 0 Å². The van der Waals surface area contributed by atoms with E-state index in [1.54, 1.807) is 13.8 Å². The summed E-state index contributed by atoms with van der Waals surface area (Å²) in [4.78, 5) is 34.1. The maximum absolute atomic E-state index is 12.1. The number of carboxylic acids is 1. The summed E-state index contributed by atoms with van der Waals surface area (Å²) in [6, 6.07) is 15.9. The number of aliphatic carboxylic acids is 1. The third-order valence-electron chi connectivity index (χ3n) is 4.03. The quantitative estimate of drug-likeness (QED) is 0.692. The van der Waals surface area contributed by atoms with Crippen LogP contribution in [-0.2, 0) is 19.9 Å². The molecule has 0 saturated heterocycles. The molecule has 4 N–H and O–H groups in total. The van der Waals surface area contributed by atoms with Gasteiger partial charge in [-0.25, -0.2) is 9.59 Å². The van der Waals surface area contributed by atoms with Crippen molar-refractivity contribution in [2.45, 2.75) is 31.9 Å². The minimum Gasteiger partial charge on any atom is -0.480 e. The highest BCUT2D eigenvalue weighted by Gasteiger charge is 2.29. The molecule has 27 heavy (non-hydrogen) atoms. The smallest absolute Gasteiger partial charge is 0.408 e. The molecule has 7 nitrogen and oxygen atoms in total. The number of hydrogen-bond donors (Lipinski definition) is 3. The van der Waals surface area contributed by atoms with Gasteiger partial charge in [-0.3, -0.25) is 4.79 Å². The van der Waals surface area contributed by atoms with Gasteiger partial charge in [-0.05, 0) is 30.5 Å². The number of carbonyl (C=O) groups is 3. The summed E-state index contributed by atoms with van der Waals surface area (Å²) in [5.41, 5.74) is 6.81. The van der Waals surface area contributed by atoms with Crippen LogP contribution in [0.25, 0.3) is 11.1 Å². The predicted molar refractivity (Wildman–Crippen MR) is 99.8 cm³/mol. The van der Waals surface area contributed by atoms with E-state index in [9.17, 15) is 14.4 Å². The Labute approximate surface area is 157 Å². The van der Waals surface area contributed by atoms with Gasteiger partial charge in [0.1, 0.15) is 11.6 Å². The standard InChI is InChI=1S/C20H22N2O5/c1-20(2,27-19(26)22-16(18(24)25)12-17(21)23)15-10-8-14(9-11-15)13-6-4-3-5-7-13/h3-11,16H,12H2,1-2H3,(H2,21,23)(H,22,26)(H,24,25)/t16-/m1/s1. The molecule has 1 atom stereocenters. The molecule has 7 heteroatoms. The van der Waals surface area contributed by atoms with Crippen LogP contribution in [0.4, 0.5) is 4.79 Å². The van der Waals surface area contributed by atoms with E-state index in [0.717, 1.165) is 16.7 Å². The largest absolute Gasteiger partial charge is 0.480 e. The zero-order valence-corrected chi connectivity index (χ0v) is 15.1. The maximum Gasteiger partial charge on any atom is 0.408 e. The van der Waals surface area contributed by atoms with Gasteiger partial charge in [-0.1, -0.05) is 54.6 Å². The van der Waals surface area contributed by atoms with E-state index < -0.39 is 36.0 Å². The molecule has 0 fully saturated rings. The number of nitrogens with two attached hydrogens (primary N) is 1. The van der Waals surface area contributed by atoms with Crippen LogP contribution in [0.5, 0.6) is 0 Å². The first-order valence-electron chi connectivity index (χ1n) is 8.35. The van der Waals surface area contributed by atoms with Gasteiger partial charge in [0, 0.05) is 0 Å². The minimum absolute atomic E-state index is 0.517. The van der Waals surface area contributed by atoms with Gasteiger partial charge in [0.2, 0.25) is 5.91 Å². The molecule has 2 aromatic rings. The van der Waals surface area contributed by atoms with Crippen molar-refractivity contribution in [1.29, 1.82) is 0 Å². The fraction of sp³-hybridized carbons (Fsp3) is 0.250. The second-order valence-corrected chi connectivity index (χ2v) is 6.55. The first kappa shape index (κ1) is 20.0. The molecule has 0 aliphatic heterocycles. The Bertz CT molecular complexity index is 816. The zero-order chi connectivity index (χ0) is 20.0. The van der Waals surface area contributed by atoms with Crippen molar-refractivity contribution in [3.05, 3.63) is 60.2 Å². The van der Waals surface area contributed by atoms with Crippen LogP contribution >= 0.6 is 0 Å². The van der Waals surface area contributed by atoms with Crippen molar-refractivity contribution in [2.75, 3.05) is 0 Å². The first-order valence-corrected chi connectivity index (χ1v) is 8.35. The molecule has 0 saturated carbocycles. The van der Waals surface area contributed by atoms with Gasteiger partial charge in [0.25, 0.3) is 0 Å². The van der Waals surface area contributed by atoms with Gasteiger partial charge in [0.05, 0.1) is 6.42 Å². The van der Waals surface area contributed by atoms with Crippen molar-refractivity contribution >= 4 is 18.0 Å². The van der Waals surface area contributed by atoms with Crippen molar-refractivity contribution < 1.29 is 24.2 Å². The van der Waals surface area contributed by atoms with Crippen LogP contribution in [-0.4, -0.2) is 29.1 Å². The number of carboxylic acid groups (broad SMARTS) is 1. The lowest BCUT2D eigenvalue weighted by atomic mass is 9.95. The highest BCUT2D eigenvalue weighted by atomic mass is 16.6. The van der Waals surface area contributed by atoms with Gasteiger partial charge in [-0.15, -0.1) is 0 Å². The molecule has 0 spiro atoms. The van der Waals surface area contributed by atoms with E-state index in [1.807, 2.05) is 54.6 Å². The summed E-state index contributed by atoms with van der Waals surface area (Å²) in [5, 5.41) is 11.2. The molecular weight excluding hydrogens is 348 g/mol. The Morgan fingerprint density at radius 2 is 1.59 bits per heavy atom. The Hall–Kier alpha value is -3.35. The van der Waals surface area contributed by atoms with Gasteiger partial charge >= 0.3 is 12.1 Å². The monoisotopic (exact) mass is 370 g/mol. The second-order valence-electron chi connectivity index (χ2n) is 6.55. The van der Waals surface area contributed by atoms with Crippen molar-refractivity contribution in [3.63, 3.8) is 0 Å². The molecule has 2 amide bonds. The molecule has 2 rings (SSSR count). The SMILES string of the molecule is CC(C)(OC(=O)N[C@H](CC(N)=O)C(=O)O)c1ccc(-c2ccccc2)cc1. The molecule has 0 aliphatic carbocycles. The lowest BCUT2D eigenvalue weighted by Crippen LogP contribution is -2.45. The number of primary amides is 1. The van der Waals surface area contributed by atoms with Crippen LogP contribution in [0.1, 0.15) is 25.8 Å². The highest BCUT2D eigenvalue weighted by Crippen LogP contribution is 2.27. The van der Waals surface area contributed by atoms with Gasteiger partial charge < -0.3 is 20.9 Å². The highest BCUT2D eigenvalue weighted by molar-refractivity contribution is 5.86. The molecule has 142 valence electrons. The predicted octanol–water partition coefficient (Wildman–Crippen LogP) is 2.64. The van der Waals surface area contributed by atoms with Crippen molar-refractivity contribution in [1.82, 2.24) is 5.32 Å². The number of ether oxygens (including phenoxy) is 1. The van der Waals surface area contributed by atoms with E-state index in [-0.39, 0.29) is 0 Å². The van der Waals surface area contributed by atoms with E-state index >= 15 is 0 Å². The fourth-order valence-corrected chi connectivity index (χ4v) is 2.56. The molecule has 0 heterocycles. The summed E-state index contributed by atoms with van der Waals surface area (Å²) in [6.45, 7) is 3.38. The Balaban J connectivity index is 2.07. The van der Waals surface area contributed by atoms with Gasteiger partial charge in [0.15, 0.2) is 0 Å². The zero-order valence-electron chi connectivity index (χ0n) is 15.1. The van der Waals surface area contributed by atoms with Crippen LogP contribution in [0.15, 0.2) is 54.6 Å². The third-order valence-corrected chi connectivity index (χ3v) is 4.03. The normalized spacial score (nSPS) is 12.1. The number of amides is 2. The molecule has 0 bridgehead atoms. The Morgan fingerprint density at radius 1 is 1.04 bits per heavy atom. The Morgan fingerprint density at radius 3 is 2.11 bits per heavy atom. The number of rotatable bonds is 7. The molecule has 2 aromatic carbocycles. The van der Waals surface area contributed by atoms with E-state index in [0.29, 0.717) is 0 Å². The average Bonchev–Trinajstić information content (AvgIpc) is 2.61. The number of hydrogen-bond acceptors (Lipinski definition) is 4. The molecule has 0 radical (unpaired) electrons. The maximum atomic E-state index is 12.1. The Kier molecular flexibility index (Phi) is 6.18. The van der Waals surface area contributed by atoms with Crippen LogP contribution in [0.3, 0.4) is 0 Å². The second kappa shape index (κ2) is 8.35. The topological polar surface area (TPSA) is 119 Å². The van der Waals surface area contributed by atoms with Crippen molar-refractivity contribution in [2.24, 2.45) is 5.73 Å². The first-order chi connectivity index (χ1) is 12.7. The summed E-state index contributed by atoms with van der Waals surface area (Å²) in [7, 11) is 0. The number of carbonyl (C=O) groups excluding carboxylic acids is 2. The molecular formula is C20H22N2O5. The number of benzene rings is 2. The van der Waals surface area contributed by atoms with E-state index in [4.69, 9.17) is 15.6 Å². The average molecular weight is 370 g/mol. The summed E-state index contributed by atoms with van der Waals surface area (Å²) < 4.78 is 5.37. The lowest BCUT2D eigenvalue weighted by molar-refractivity contribution is -0.141. The lowest BCUT2D eigenvalue weighted by Gasteiger charge is -2.26. The fourth-order valence-electron chi connectivity index (χ4n) is 2.56. The molecule has 0 aromatic heterocycles. The van der Waals surface area contributed by atoms with Crippen molar-refractivity contribution in [3.8, 4) is 11.1 Å². The van der Waals surface area contributed by atoms with Crippen LogP contribution in [0, 0.1) is 0 Å². The van der Waals surface area contributed by atoms with E-state index in [2.05, 4.69) is 5.32 Å². The summed E-state index contributed by atoms with van der Waals surface area (Å²) in [5.74, 6) is -2.20. The van der Waals surface area contributed by atoms with Gasteiger partial charge in [-0.2, -0.15) is 0 Å². The summed E-state index contributed by atoms with van der Waals surface area (Å²) in [6.07, 6.45) is -1.46. The third kappa shape index (κ3) is 5.57. The summed E-state index contributed by atoms with van der Waals surface area (Å²) >= 11 is 0.